The van der Waals surface area contributed by atoms with Crippen LogP contribution in [0.5, 0.6) is 0 Å². The molecule has 2 heteroatoms. The van der Waals surface area contributed by atoms with Crippen molar-refractivity contribution in [3.8, 4) is 0 Å². The lowest BCUT2D eigenvalue weighted by Gasteiger charge is -2.23. The van der Waals surface area contributed by atoms with Gasteiger partial charge >= 0.3 is 0 Å². The molecule has 94 valence electrons. The van der Waals surface area contributed by atoms with Crippen LogP contribution in [0.15, 0.2) is 11.6 Å². The number of nitrogens with one attached hydrogen (secondary N) is 1. The number of rotatable bonds is 7. The van der Waals surface area contributed by atoms with Gasteiger partial charge < -0.3 is 11.1 Å². The normalized spacial score (nSPS) is 19.0. The van der Waals surface area contributed by atoms with Gasteiger partial charge in [0.05, 0.1) is 0 Å². The second kappa shape index (κ2) is 8.77. The highest BCUT2D eigenvalue weighted by atomic mass is 14.9. The summed E-state index contributed by atoms with van der Waals surface area (Å²) >= 11 is 0. The first kappa shape index (κ1) is 13.7. The molecule has 0 aromatic heterocycles. The molecule has 3 N–H and O–H groups in total. The Kier molecular flexibility index (Phi) is 7.52. The molecule has 0 spiro atoms. The quantitative estimate of drug-likeness (QED) is 0.515. The second-order valence-electron chi connectivity index (χ2n) is 4.91. The molecule has 1 saturated carbocycles. The third-order valence-corrected chi connectivity index (χ3v) is 3.58. The molecule has 0 atom stereocenters. The van der Waals surface area contributed by atoms with Crippen molar-refractivity contribution in [2.75, 3.05) is 13.1 Å². The van der Waals surface area contributed by atoms with Crippen LogP contribution in [0, 0.1) is 0 Å². The van der Waals surface area contributed by atoms with E-state index in [2.05, 4.69) is 18.3 Å². The van der Waals surface area contributed by atoms with Crippen molar-refractivity contribution in [1.82, 2.24) is 5.32 Å². The zero-order valence-electron chi connectivity index (χ0n) is 10.8. The van der Waals surface area contributed by atoms with Crippen LogP contribution in [-0.4, -0.2) is 19.1 Å². The summed E-state index contributed by atoms with van der Waals surface area (Å²) in [6.07, 6.45) is 12.9. The molecule has 1 aliphatic rings. The van der Waals surface area contributed by atoms with E-state index >= 15 is 0 Å². The van der Waals surface area contributed by atoms with E-state index in [4.69, 9.17) is 5.73 Å². The second-order valence-corrected chi connectivity index (χ2v) is 4.91. The molecule has 0 radical (unpaired) electrons. The lowest BCUT2D eigenvalue weighted by molar-refractivity contribution is 0.381. The summed E-state index contributed by atoms with van der Waals surface area (Å²) in [5.74, 6) is 0. The van der Waals surface area contributed by atoms with Crippen LogP contribution >= 0.6 is 0 Å². The third kappa shape index (κ3) is 5.66. The van der Waals surface area contributed by atoms with Crippen molar-refractivity contribution in [3.05, 3.63) is 11.6 Å². The summed E-state index contributed by atoms with van der Waals surface area (Å²) in [6, 6.07) is 0.776. The Morgan fingerprint density at radius 3 is 2.62 bits per heavy atom. The molecule has 1 rings (SSSR count). The number of hydrogen-bond acceptors (Lipinski definition) is 2. The Morgan fingerprint density at radius 1 is 1.25 bits per heavy atom. The lowest BCUT2D eigenvalue weighted by atomic mass is 9.95. The maximum atomic E-state index is 5.51. The molecule has 0 aromatic rings. The molecule has 1 aliphatic carbocycles. The molecular weight excluding hydrogens is 196 g/mol. The lowest BCUT2D eigenvalue weighted by Crippen LogP contribution is -2.32. The van der Waals surface area contributed by atoms with Gasteiger partial charge in [-0.15, -0.1) is 0 Å². The highest BCUT2D eigenvalue weighted by Crippen LogP contribution is 2.17. The maximum Gasteiger partial charge on any atom is 0.0167 e. The van der Waals surface area contributed by atoms with Crippen LogP contribution in [0.25, 0.3) is 0 Å². The van der Waals surface area contributed by atoms with Gasteiger partial charge in [0.2, 0.25) is 0 Å². The Balaban J connectivity index is 2.12. The minimum atomic E-state index is 0.776. The van der Waals surface area contributed by atoms with Crippen molar-refractivity contribution in [3.63, 3.8) is 0 Å². The monoisotopic (exact) mass is 224 g/mol. The predicted molar refractivity (Wildman–Crippen MR) is 71.5 cm³/mol. The third-order valence-electron chi connectivity index (χ3n) is 3.58. The highest BCUT2D eigenvalue weighted by Gasteiger charge is 2.12. The molecule has 2 nitrogen and oxygen atoms in total. The molecule has 16 heavy (non-hydrogen) atoms. The molecule has 0 unspecified atom stereocenters. The van der Waals surface area contributed by atoms with Crippen LogP contribution in [0.3, 0.4) is 0 Å². The fraction of sp³-hybridized carbons (Fsp3) is 0.857. The molecule has 0 aromatic carbocycles. The summed E-state index contributed by atoms with van der Waals surface area (Å²) in [4.78, 5) is 0. The number of allylic oxidation sites excluding steroid dienone is 1. The van der Waals surface area contributed by atoms with Crippen LogP contribution < -0.4 is 11.1 Å². The van der Waals surface area contributed by atoms with Crippen molar-refractivity contribution in [2.24, 2.45) is 5.73 Å². The predicted octanol–water partition coefficient (Wildman–Crippen LogP) is 2.98. The largest absolute Gasteiger partial charge is 0.330 e. The Labute approximate surface area is 101 Å². The standard InChI is InChI=1S/C14H28N2/c1-2-13(8-6-7-11-15)12-16-14-9-4-3-5-10-14/h2,14,16H,3-12,15H2,1H3/b13-2+. The fourth-order valence-electron chi connectivity index (χ4n) is 2.41. The number of hydrogen-bond donors (Lipinski definition) is 2. The van der Waals surface area contributed by atoms with E-state index in [1.807, 2.05) is 0 Å². The highest BCUT2D eigenvalue weighted by molar-refractivity contribution is 5.03. The van der Waals surface area contributed by atoms with Gasteiger partial charge in [-0.3, -0.25) is 0 Å². The molecular formula is C14H28N2. The minimum absolute atomic E-state index is 0.776. The first-order valence-electron chi connectivity index (χ1n) is 6.94. The van der Waals surface area contributed by atoms with E-state index in [0.29, 0.717) is 0 Å². The van der Waals surface area contributed by atoms with Gasteiger partial charge in [0.1, 0.15) is 0 Å². The van der Waals surface area contributed by atoms with Gasteiger partial charge in [-0.05, 0) is 45.6 Å². The topological polar surface area (TPSA) is 38.0 Å². The van der Waals surface area contributed by atoms with E-state index in [1.54, 1.807) is 5.57 Å². The van der Waals surface area contributed by atoms with Crippen molar-refractivity contribution >= 4 is 0 Å². The summed E-state index contributed by atoms with van der Waals surface area (Å²) in [6.45, 7) is 4.07. The molecule has 0 saturated heterocycles. The van der Waals surface area contributed by atoms with Gasteiger partial charge in [-0.2, -0.15) is 0 Å². The van der Waals surface area contributed by atoms with E-state index < -0.39 is 0 Å². The average Bonchev–Trinajstić information content (AvgIpc) is 2.35. The van der Waals surface area contributed by atoms with Gasteiger partial charge in [-0.1, -0.05) is 30.9 Å². The van der Waals surface area contributed by atoms with E-state index in [9.17, 15) is 0 Å². The van der Waals surface area contributed by atoms with Crippen LogP contribution in [0.4, 0.5) is 0 Å². The SMILES string of the molecule is C/C=C(\CCCCN)CNC1CCCCC1. The van der Waals surface area contributed by atoms with Crippen LogP contribution in [-0.2, 0) is 0 Å². The van der Waals surface area contributed by atoms with Crippen molar-refractivity contribution in [1.29, 1.82) is 0 Å². The van der Waals surface area contributed by atoms with Gasteiger partial charge in [-0.25, -0.2) is 0 Å². The average molecular weight is 224 g/mol. The molecule has 0 amide bonds. The van der Waals surface area contributed by atoms with E-state index in [-0.39, 0.29) is 0 Å². The maximum absolute atomic E-state index is 5.51. The molecule has 0 heterocycles. The van der Waals surface area contributed by atoms with Gasteiger partial charge in [0.25, 0.3) is 0 Å². The fourth-order valence-corrected chi connectivity index (χ4v) is 2.41. The summed E-state index contributed by atoms with van der Waals surface area (Å²) in [5, 5.41) is 3.70. The summed E-state index contributed by atoms with van der Waals surface area (Å²) in [5.41, 5.74) is 7.07. The molecule has 1 fully saturated rings. The minimum Gasteiger partial charge on any atom is -0.330 e. The first-order valence-corrected chi connectivity index (χ1v) is 6.94. The van der Waals surface area contributed by atoms with Gasteiger partial charge in [0, 0.05) is 12.6 Å². The van der Waals surface area contributed by atoms with E-state index in [1.165, 1.54) is 44.9 Å². The summed E-state index contributed by atoms with van der Waals surface area (Å²) < 4.78 is 0. The molecule has 0 bridgehead atoms. The Bertz CT molecular complexity index is 193. The van der Waals surface area contributed by atoms with Gasteiger partial charge in [0.15, 0.2) is 0 Å². The van der Waals surface area contributed by atoms with Crippen LogP contribution in [0.1, 0.15) is 58.3 Å². The smallest absolute Gasteiger partial charge is 0.0167 e. The molecule has 0 aliphatic heterocycles. The number of unbranched alkanes of at least 4 members (excludes halogenated alkanes) is 1. The number of nitrogens with two attached hydrogens (primary N) is 1. The Hall–Kier alpha value is -0.340. The first-order chi connectivity index (χ1) is 7.86. The van der Waals surface area contributed by atoms with Crippen molar-refractivity contribution in [2.45, 2.75) is 64.3 Å². The zero-order chi connectivity index (χ0) is 11.6. The van der Waals surface area contributed by atoms with Crippen molar-refractivity contribution < 1.29 is 0 Å². The Morgan fingerprint density at radius 2 is 2.00 bits per heavy atom. The summed E-state index contributed by atoms with van der Waals surface area (Å²) in [7, 11) is 0. The van der Waals surface area contributed by atoms with Crippen LogP contribution in [0.2, 0.25) is 0 Å². The van der Waals surface area contributed by atoms with E-state index in [0.717, 1.165) is 25.6 Å². The zero-order valence-corrected chi connectivity index (χ0v) is 10.8.